The van der Waals surface area contributed by atoms with E-state index in [1.807, 2.05) is 13.8 Å². The van der Waals surface area contributed by atoms with Gasteiger partial charge in [0, 0.05) is 13.0 Å². The van der Waals surface area contributed by atoms with E-state index in [2.05, 4.69) is 5.32 Å². The van der Waals surface area contributed by atoms with Crippen LogP contribution in [0.2, 0.25) is 0 Å². The zero-order chi connectivity index (χ0) is 11.1. The number of hydrogen-bond donors (Lipinski definition) is 3. The number of carboxylic acids is 1. The Hall–Kier alpha value is -1.26. The van der Waals surface area contributed by atoms with E-state index < -0.39 is 12.1 Å². The lowest BCUT2D eigenvalue weighted by Crippen LogP contribution is -2.29. The molecule has 0 aromatic heterocycles. The fourth-order valence-electron chi connectivity index (χ4n) is 1.38. The first-order valence-corrected chi connectivity index (χ1v) is 4.60. The van der Waals surface area contributed by atoms with Crippen LogP contribution in [0.5, 0.6) is 0 Å². The van der Waals surface area contributed by atoms with Gasteiger partial charge in [-0.05, 0) is 18.3 Å². The molecule has 0 saturated carbocycles. The maximum atomic E-state index is 10.5. The predicted molar refractivity (Wildman–Crippen MR) is 51.2 cm³/mol. The van der Waals surface area contributed by atoms with Gasteiger partial charge in [-0.3, -0.25) is 4.79 Å². The third-order valence-corrected chi connectivity index (χ3v) is 1.81. The van der Waals surface area contributed by atoms with Gasteiger partial charge in [0.2, 0.25) is 0 Å². The molecule has 0 aliphatic rings. The first-order chi connectivity index (χ1) is 6.41. The van der Waals surface area contributed by atoms with Gasteiger partial charge in [0.1, 0.15) is 0 Å². The van der Waals surface area contributed by atoms with E-state index in [1.165, 1.54) is 0 Å². The minimum atomic E-state index is -1.11. The van der Waals surface area contributed by atoms with Crippen LogP contribution in [-0.2, 0) is 4.79 Å². The van der Waals surface area contributed by atoms with E-state index >= 15 is 0 Å². The molecule has 0 bridgehead atoms. The summed E-state index contributed by atoms with van der Waals surface area (Å²) in [5.74, 6) is -0.638. The molecule has 0 heterocycles. The van der Waals surface area contributed by atoms with E-state index in [-0.39, 0.29) is 18.9 Å². The second kappa shape index (κ2) is 6.23. The van der Waals surface area contributed by atoms with Crippen molar-refractivity contribution < 1.29 is 19.8 Å². The van der Waals surface area contributed by atoms with E-state index in [9.17, 15) is 9.59 Å². The molecule has 0 aromatic carbocycles. The quantitative estimate of drug-likeness (QED) is 0.608. The highest BCUT2D eigenvalue weighted by molar-refractivity contribution is 5.67. The fourth-order valence-corrected chi connectivity index (χ4v) is 1.38. The average Bonchev–Trinajstić information content (AvgIpc) is 1.97. The molecule has 0 spiro atoms. The average molecular weight is 203 g/mol. The lowest BCUT2D eigenvalue weighted by atomic mass is 9.94. The summed E-state index contributed by atoms with van der Waals surface area (Å²) in [4.78, 5) is 20.7. The molecule has 0 aromatic rings. The SMILES string of the molecule is CC(C)CC(CNC(=O)O)CC(=O)O. The van der Waals surface area contributed by atoms with Crippen molar-refractivity contribution in [3.63, 3.8) is 0 Å². The van der Waals surface area contributed by atoms with Crippen molar-refractivity contribution in [2.24, 2.45) is 11.8 Å². The van der Waals surface area contributed by atoms with Crippen LogP contribution in [0.4, 0.5) is 4.79 Å². The van der Waals surface area contributed by atoms with Crippen LogP contribution < -0.4 is 5.32 Å². The number of aliphatic carboxylic acids is 1. The number of rotatable bonds is 6. The molecule has 0 aliphatic heterocycles. The first kappa shape index (κ1) is 12.7. The molecule has 0 fully saturated rings. The van der Waals surface area contributed by atoms with E-state index in [4.69, 9.17) is 10.2 Å². The van der Waals surface area contributed by atoms with Crippen molar-refractivity contribution in [3.05, 3.63) is 0 Å². The Labute approximate surface area is 83.1 Å². The summed E-state index contributed by atoms with van der Waals surface area (Å²) in [6.07, 6.45) is -0.380. The Balaban J connectivity index is 3.96. The second-order valence-electron chi connectivity index (χ2n) is 3.78. The Bertz CT molecular complexity index is 203. The minimum absolute atomic E-state index is 0.0124. The van der Waals surface area contributed by atoms with Crippen LogP contribution in [-0.4, -0.2) is 28.8 Å². The zero-order valence-electron chi connectivity index (χ0n) is 8.49. The van der Waals surface area contributed by atoms with Crippen molar-refractivity contribution >= 4 is 12.1 Å². The molecule has 0 saturated heterocycles. The molecule has 14 heavy (non-hydrogen) atoms. The predicted octanol–water partition coefficient (Wildman–Crippen LogP) is 1.39. The Morgan fingerprint density at radius 2 is 1.86 bits per heavy atom. The molecule has 0 radical (unpaired) electrons. The van der Waals surface area contributed by atoms with E-state index in [1.54, 1.807) is 0 Å². The van der Waals surface area contributed by atoms with Gasteiger partial charge in [-0.25, -0.2) is 4.79 Å². The van der Waals surface area contributed by atoms with Crippen LogP contribution in [0.1, 0.15) is 26.7 Å². The highest BCUT2D eigenvalue weighted by Gasteiger charge is 2.15. The van der Waals surface area contributed by atoms with Crippen LogP contribution in [0.15, 0.2) is 0 Å². The topological polar surface area (TPSA) is 86.6 Å². The maximum absolute atomic E-state index is 10.5. The minimum Gasteiger partial charge on any atom is -0.481 e. The molecular formula is C9H17NO4. The van der Waals surface area contributed by atoms with Crippen LogP contribution in [0.25, 0.3) is 0 Å². The number of hydrogen-bond acceptors (Lipinski definition) is 2. The standard InChI is InChI=1S/C9H17NO4/c1-6(2)3-7(4-8(11)12)5-10-9(13)14/h6-7,10H,3-5H2,1-2H3,(H,11,12)(H,13,14). The molecule has 82 valence electrons. The van der Waals surface area contributed by atoms with Gasteiger partial charge in [0.05, 0.1) is 0 Å². The van der Waals surface area contributed by atoms with Crippen LogP contribution in [0.3, 0.4) is 0 Å². The van der Waals surface area contributed by atoms with Crippen molar-refractivity contribution in [3.8, 4) is 0 Å². The summed E-state index contributed by atoms with van der Waals surface area (Å²) in [6.45, 7) is 4.17. The van der Waals surface area contributed by atoms with Crippen LogP contribution >= 0.6 is 0 Å². The molecular weight excluding hydrogens is 186 g/mol. The smallest absolute Gasteiger partial charge is 0.404 e. The van der Waals surface area contributed by atoms with Gasteiger partial charge < -0.3 is 15.5 Å². The van der Waals surface area contributed by atoms with Gasteiger partial charge in [-0.15, -0.1) is 0 Å². The summed E-state index contributed by atoms with van der Waals surface area (Å²) in [7, 11) is 0. The summed E-state index contributed by atoms with van der Waals surface area (Å²) in [6, 6.07) is 0. The molecule has 1 atom stereocenters. The number of carbonyl (C=O) groups is 2. The third kappa shape index (κ3) is 7.39. The largest absolute Gasteiger partial charge is 0.481 e. The van der Waals surface area contributed by atoms with Crippen molar-refractivity contribution in [2.45, 2.75) is 26.7 Å². The van der Waals surface area contributed by atoms with Crippen molar-refractivity contribution in [2.75, 3.05) is 6.54 Å². The van der Waals surface area contributed by atoms with Gasteiger partial charge in [0.25, 0.3) is 0 Å². The van der Waals surface area contributed by atoms with Gasteiger partial charge >= 0.3 is 12.1 Å². The molecule has 5 nitrogen and oxygen atoms in total. The fraction of sp³-hybridized carbons (Fsp3) is 0.778. The Morgan fingerprint density at radius 1 is 1.29 bits per heavy atom. The second-order valence-corrected chi connectivity index (χ2v) is 3.78. The summed E-state index contributed by atoms with van der Waals surface area (Å²) in [5.41, 5.74) is 0. The number of nitrogens with one attached hydrogen (secondary N) is 1. The van der Waals surface area contributed by atoms with E-state index in [0.717, 1.165) is 0 Å². The van der Waals surface area contributed by atoms with Gasteiger partial charge in [-0.1, -0.05) is 13.8 Å². The number of carboxylic acid groups (broad SMARTS) is 2. The Morgan fingerprint density at radius 3 is 2.21 bits per heavy atom. The molecule has 0 aliphatic carbocycles. The van der Waals surface area contributed by atoms with Crippen molar-refractivity contribution in [1.82, 2.24) is 5.32 Å². The molecule has 3 N–H and O–H groups in total. The summed E-state index contributed by atoms with van der Waals surface area (Å²) < 4.78 is 0. The normalized spacial score (nSPS) is 12.5. The highest BCUT2D eigenvalue weighted by Crippen LogP contribution is 2.14. The van der Waals surface area contributed by atoms with E-state index in [0.29, 0.717) is 12.3 Å². The lowest BCUT2D eigenvalue weighted by molar-refractivity contribution is -0.138. The maximum Gasteiger partial charge on any atom is 0.404 e. The monoisotopic (exact) mass is 203 g/mol. The zero-order valence-corrected chi connectivity index (χ0v) is 8.49. The Kier molecular flexibility index (Phi) is 5.67. The molecule has 1 amide bonds. The molecule has 0 rings (SSSR count). The first-order valence-electron chi connectivity index (χ1n) is 4.60. The van der Waals surface area contributed by atoms with Crippen molar-refractivity contribution in [1.29, 1.82) is 0 Å². The highest BCUT2D eigenvalue weighted by atomic mass is 16.4. The third-order valence-electron chi connectivity index (χ3n) is 1.81. The molecule has 5 heteroatoms. The summed E-state index contributed by atoms with van der Waals surface area (Å²) >= 11 is 0. The van der Waals surface area contributed by atoms with Gasteiger partial charge in [-0.2, -0.15) is 0 Å². The van der Waals surface area contributed by atoms with Crippen LogP contribution in [0, 0.1) is 11.8 Å². The lowest BCUT2D eigenvalue weighted by Gasteiger charge is -2.16. The summed E-state index contributed by atoms with van der Waals surface area (Å²) in [5, 5.41) is 19.2. The van der Waals surface area contributed by atoms with Gasteiger partial charge in [0.15, 0.2) is 0 Å². The number of amides is 1. The molecule has 1 unspecified atom stereocenters.